The fraction of sp³-hybridized carbons (Fsp3) is 0.318. The number of nitrogens with zero attached hydrogens (tertiary/aromatic N) is 6. The number of aromatic nitrogens is 6. The first-order valence-corrected chi connectivity index (χ1v) is 11.5. The van der Waals surface area contributed by atoms with Crippen LogP contribution in [0.4, 0.5) is 5.69 Å². The Balaban J connectivity index is 1.35. The Morgan fingerprint density at radius 3 is 2.82 bits per heavy atom. The van der Waals surface area contributed by atoms with Crippen molar-refractivity contribution < 1.29 is 4.79 Å². The van der Waals surface area contributed by atoms with Crippen LogP contribution in [0.5, 0.6) is 0 Å². The first-order chi connectivity index (χ1) is 15.8. The molecule has 1 saturated heterocycles. The first kappa shape index (κ1) is 20.1. The summed E-state index contributed by atoms with van der Waals surface area (Å²) >= 11 is 1.48. The second-order valence-electron chi connectivity index (χ2n) is 9.08. The summed E-state index contributed by atoms with van der Waals surface area (Å²) in [6, 6.07) is 1.73. The lowest BCUT2D eigenvalue weighted by molar-refractivity contribution is -0.121. The molecule has 0 saturated carbocycles. The zero-order valence-corrected chi connectivity index (χ0v) is 19.2. The molecule has 0 atom stereocenters. The van der Waals surface area contributed by atoms with Crippen LogP contribution in [-0.4, -0.2) is 58.8 Å². The zero-order valence-electron chi connectivity index (χ0n) is 18.4. The Hall–Kier alpha value is -3.57. The Morgan fingerprint density at radius 2 is 2.12 bits per heavy atom. The van der Waals surface area contributed by atoms with Crippen LogP contribution in [0.3, 0.4) is 0 Å². The van der Waals surface area contributed by atoms with E-state index in [-0.39, 0.29) is 17.0 Å². The van der Waals surface area contributed by atoms with Crippen LogP contribution in [0, 0.1) is 0 Å². The molecule has 33 heavy (non-hydrogen) atoms. The van der Waals surface area contributed by atoms with Crippen molar-refractivity contribution in [1.29, 1.82) is 0 Å². The molecule has 6 rings (SSSR count). The van der Waals surface area contributed by atoms with Gasteiger partial charge in [-0.05, 0) is 26.3 Å². The number of carbonyl (C=O) groups excluding carboxylic acids is 1. The van der Waals surface area contributed by atoms with E-state index in [1.165, 1.54) is 11.3 Å². The van der Waals surface area contributed by atoms with E-state index in [1.54, 1.807) is 27.7 Å². The first-order valence-electron chi connectivity index (χ1n) is 10.7. The van der Waals surface area contributed by atoms with Gasteiger partial charge < -0.3 is 10.3 Å². The number of aryl methyl sites for hydroxylation is 1. The second-order valence-corrected chi connectivity index (χ2v) is 10.1. The molecule has 168 valence electrons. The third-order valence-electron chi connectivity index (χ3n) is 6.36. The molecule has 0 spiro atoms. The Bertz CT molecular complexity index is 1620. The topological polar surface area (TPSA) is 113 Å². The number of amides is 1. The number of hydrogen-bond donors (Lipinski definition) is 2. The molecule has 2 N–H and O–H groups in total. The van der Waals surface area contributed by atoms with E-state index in [0.29, 0.717) is 34.2 Å². The number of pyridine rings is 2. The van der Waals surface area contributed by atoms with Gasteiger partial charge in [-0.25, -0.2) is 4.52 Å². The van der Waals surface area contributed by atoms with Crippen molar-refractivity contribution in [1.82, 2.24) is 34.3 Å². The molecule has 0 bridgehead atoms. The van der Waals surface area contributed by atoms with Gasteiger partial charge >= 0.3 is 0 Å². The minimum Gasteiger partial charge on any atom is -0.324 e. The molecule has 0 aromatic carbocycles. The molecule has 1 aliphatic heterocycles. The van der Waals surface area contributed by atoms with Crippen molar-refractivity contribution in [2.24, 2.45) is 7.05 Å². The van der Waals surface area contributed by atoms with Gasteiger partial charge in [-0.15, -0.1) is 11.3 Å². The van der Waals surface area contributed by atoms with Crippen LogP contribution in [-0.2, 0) is 11.8 Å². The monoisotopic (exact) mass is 462 g/mol. The number of likely N-dealkylation sites (tertiary alicyclic amines) is 1. The summed E-state index contributed by atoms with van der Waals surface area (Å²) in [7, 11) is 1.86. The minimum atomic E-state index is -0.236. The molecule has 6 heterocycles. The minimum absolute atomic E-state index is 0.0562. The summed E-state index contributed by atoms with van der Waals surface area (Å²) in [6.07, 6.45) is 8.30. The van der Waals surface area contributed by atoms with Crippen LogP contribution >= 0.6 is 11.3 Å². The number of thiazole rings is 1. The van der Waals surface area contributed by atoms with E-state index >= 15 is 0 Å². The zero-order chi connectivity index (χ0) is 22.9. The average Bonchev–Trinajstić information content (AvgIpc) is 3.45. The van der Waals surface area contributed by atoms with E-state index in [9.17, 15) is 9.59 Å². The smallest absolute Gasteiger partial charge is 0.261 e. The molecule has 0 aliphatic carbocycles. The van der Waals surface area contributed by atoms with E-state index in [0.717, 1.165) is 28.2 Å². The fourth-order valence-electron chi connectivity index (χ4n) is 4.28. The van der Waals surface area contributed by atoms with Gasteiger partial charge in [0.05, 0.1) is 35.0 Å². The van der Waals surface area contributed by atoms with Gasteiger partial charge in [-0.1, -0.05) is 0 Å². The molecule has 1 amide bonds. The van der Waals surface area contributed by atoms with E-state index in [2.05, 4.69) is 44.2 Å². The van der Waals surface area contributed by atoms with Crippen molar-refractivity contribution in [2.75, 3.05) is 18.4 Å². The van der Waals surface area contributed by atoms with Gasteiger partial charge in [0.15, 0.2) is 0 Å². The summed E-state index contributed by atoms with van der Waals surface area (Å²) in [5.41, 5.74) is 3.00. The van der Waals surface area contributed by atoms with Gasteiger partial charge in [0, 0.05) is 37.1 Å². The molecule has 0 unspecified atom stereocenters. The number of aromatic amines is 1. The summed E-state index contributed by atoms with van der Waals surface area (Å²) < 4.78 is 3.46. The number of hydrogen-bond acceptors (Lipinski definition) is 7. The summed E-state index contributed by atoms with van der Waals surface area (Å²) in [6.45, 7) is 5.51. The lowest BCUT2D eigenvalue weighted by Gasteiger charge is -2.48. The molecule has 5 aromatic heterocycles. The predicted octanol–water partition coefficient (Wildman–Crippen LogP) is 2.61. The number of nitrogens with one attached hydrogen (secondary N) is 2. The highest BCUT2D eigenvalue weighted by Gasteiger charge is 2.36. The lowest BCUT2D eigenvalue weighted by Crippen LogP contribution is -2.57. The largest absolute Gasteiger partial charge is 0.324 e. The van der Waals surface area contributed by atoms with Gasteiger partial charge in [0.1, 0.15) is 21.3 Å². The van der Waals surface area contributed by atoms with E-state index < -0.39 is 0 Å². The van der Waals surface area contributed by atoms with Crippen LogP contribution in [0.2, 0.25) is 0 Å². The molecule has 5 aromatic rings. The van der Waals surface area contributed by atoms with Crippen molar-refractivity contribution in [3.8, 4) is 10.4 Å². The quantitative estimate of drug-likeness (QED) is 0.425. The van der Waals surface area contributed by atoms with E-state index in [1.807, 2.05) is 19.4 Å². The standard InChI is InChI=1S/C22H22N8O2S/c1-22(2)4-5-29(22)11-16(31)25-13-6-14-18(23-8-13)19-17(20(32)26-14)21-30(27-19)10-15(33-21)12-7-24-28(3)9-12/h6-10H,4-5,11H2,1-3H3,(H,25,31)(H,26,32). The summed E-state index contributed by atoms with van der Waals surface area (Å²) in [4.78, 5) is 36.8. The normalized spacial score (nSPS) is 16.0. The molecule has 1 aliphatic rings. The molecular weight excluding hydrogens is 440 g/mol. The molecular formula is C22H22N8O2S. The molecule has 11 heteroatoms. The maximum atomic E-state index is 13.0. The summed E-state index contributed by atoms with van der Waals surface area (Å²) in [5, 5.41) is 12.3. The Labute approximate surface area is 191 Å². The van der Waals surface area contributed by atoms with Gasteiger partial charge in [-0.3, -0.25) is 24.2 Å². The number of H-pyrrole nitrogens is 1. The third kappa shape index (κ3) is 3.23. The number of carbonyl (C=O) groups is 1. The van der Waals surface area contributed by atoms with Crippen molar-refractivity contribution in [2.45, 2.75) is 25.8 Å². The maximum Gasteiger partial charge on any atom is 0.261 e. The van der Waals surface area contributed by atoms with Gasteiger partial charge in [0.2, 0.25) is 5.91 Å². The molecule has 10 nitrogen and oxygen atoms in total. The van der Waals surface area contributed by atoms with Crippen molar-refractivity contribution >= 4 is 49.7 Å². The predicted molar refractivity (Wildman–Crippen MR) is 128 cm³/mol. The molecule has 1 fully saturated rings. The highest BCUT2D eigenvalue weighted by atomic mass is 32.1. The highest BCUT2D eigenvalue weighted by molar-refractivity contribution is 7.21. The Morgan fingerprint density at radius 1 is 1.27 bits per heavy atom. The van der Waals surface area contributed by atoms with Gasteiger partial charge in [0.25, 0.3) is 5.56 Å². The SMILES string of the molecule is Cn1cc(-c2cn3nc4c5ncc(NC(=O)CN6CCC6(C)C)cc5[nH]c(=O)c4c3s2)cn1. The van der Waals surface area contributed by atoms with E-state index in [4.69, 9.17) is 0 Å². The highest BCUT2D eigenvalue weighted by Crippen LogP contribution is 2.33. The van der Waals surface area contributed by atoms with Crippen LogP contribution in [0.1, 0.15) is 20.3 Å². The maximum absolute atomic E-state index is 13.0. The summed E-state index contributed by atoms with van der Waals surface area (Å²) in [5.74, 6) is -0.0993. The van der Waals surface area contributed by atoms with Crippen LogP contribution in [0.25, 0.3) is 37.2 Å². The van der Waals surface area contributed by atoms with Crippen LogP contribution < -0.4 is 10.9 Å². The van der Waals surface area contributed by atoms with Crippen molar-refractivity contribution in [3.63, 3.8) is 0 Å². The molecule has 0 radical (unpaired) electrons. The lowest BCUT2D eigenvalue weighted by atomic mass is 9.89. The third-order valence-corrected chi connectivity index (χ3v) is 7.50. The van der Waals surface area contributed by atoms with Gasteiger partial charge in [-0.2, -0.15) is 10.2 Å². The number of anilines is 1. The fourth-order valence-corrected chi connectivity index (χ4v) is 5.35. The average molecular weight is 463 g/mol. The van der Waals surface area contributed by atoms with Crippen LogP contribution in [0.15, 0.2) is 35.6 Å². The van der Waals surface area contributed by atoms with Crippen molar-refractivity contribution in [3.05, 3.63) is 41.2 Å². The number of fused-ring (bicyclic) bond motifs is 5. The number of rotatable bonds is 4. The Kier molecular flexibility index (Phi) is 4.23. The second kappa shape index (κ2) is 6.96.